The van der Waals surface area contributed by atoms with Gasteiger partial charge < -0.3 is 30.0 Å². The third-order valence-electron chi connectivity index (χ3n) is 10.2. The van der Waals surface area contributed by atoms with Crippen molar-refractivity contribution in [1.29, 1.82) is 0 Å². The fourth-order valence-corrected chi connectivity index (χ4v) is 7.85. The highest BCUT2D eigenvalue weighted by Gasteiger charge is 2.24. The summed E-state index contributed by atoms with van der Waals surface area (Å²) in [5, 5.41) is 21.4. The van der Waals surface area contributed by atoms with Crippen LogP contribution in [-0.2, 0) is 9.59 Å². The molecule has 0 amide bonds. The van der Waals surface area contributed by atoms with Crippen LogP contribution >= 0.6 is 23.2 Å². The average Bonchev–Trinajstić information content (AvgIpc) is 3.70. The van der Waals surface area contributed by atoms with Crippen molar-refractivity contribution in [3.8, 4) is 0 Å². The molecular formula is C38H50Cl2N4O4. The number of aliphatic carboxylic acids is 2. The summed E-state index contributed by atoms with van der Waals surface area (Å²) in [5.74, 6) is -0.158. The van der Waals surface area contributed by atoms with Crippen LogP contribution in [0.4, 0.5) is 0 Å². The van der Waals surface area contributed by atoms with Crippen LogP contribution in [-0.4, -0.2) is 81.2 Å². The smallest absolute Gasteiger partial charge is 0.303 e. The van der Waals surface area contributed by atoms with Crippen molar-refractivity contribution in [2.75, 3.05) is 39.3 Å². The molecule has 2 aliphatic rings. The number of carboxylic acids is 2. The van der Waals surface area contributed by atoms with Crippen LogP contribution in [0.25, 0.3) is 21.8 Å². The maximum absolute atomic E-state index is 10.5. The quantitative estimate of drug-likeness (QED) is 0.0978. The number of para-hydroxylation sites is 1. The van der Waals surface area contributed by atoms with E-state index in [1.165, 1.54) is 47.6 Å². The average molecular weight is 698 g/mol. The van der Waals surface area contributed by atoms with Gasteiger partial charge in [0.2, 0.25) is 0 Å². The highest BCUT2D eigenvalue weighted by atomic mass is 35.5. The third kappa shape index (κ3) is 10.2. The van der Waals surface area contributed by atoms with Gasteiger partial charge in [0, 0.05) is 46.5 Å². The van der Waals surface area contributed by atoms with E-state index in [-0.39, 0.29) is 0 Å². The zero-order valence-electron chi connectivity index (χ0n) is 27.9. The van der Waals surface area contributed by atoms with Crippen LogP contribution in [0.3, 0.4) is 0 Å². The minimum absolute atomic E-state index is 0.297. The number of benzene rings is 2. The van der Waals surface area contributed by atoms with Crippen molar-refractivity contribution in [1.82, 2.24) is 19.8 Å². The first kappa shape index (κ1) is 36.2. The number of hydrogen-bond donors (Lipinski definition) is 4. The molecule has 0 spiro atoms. The molecule has 0 saturated carbocycles. The molecule has 2 fully saturated rings. The first-order valence-electron chi connectivity index (χ1n) is 17.7. The molecule has 10 heteroatoms. The number of carboxylic acid groups (broad SMARTS) is 2. The SMILES string of the molecule is O=C(O)CCCCCN1CCC(c2c[nH]c3c(Cl)cccc23)CC1.O=C(O)CCCCCN1CCC(c2c[nH]c3cc(Cl)ccc23)CC1. The second-order valence-corrected chi connectivity index (χ2v) is 14.3. The first-order chi connectivity index (χ1) is 23.3. The summed E-state index contributed by atoms with van der Waals surface area (Å²) in [6.45, 7) is 6.68. The number of carbonyl (C=O) groups is 2. The number of hydrogen-bond acceptors (Lipinski definition) is 4. The predicted octanol–water partition coefficient (Wildman–Crippen LogP) is 9.29. The Balaban J connectivity index is 0.000000188. The molecule has 2 saturated heterocycles. The molecule has 0 unspecified atom stereocenters. The molecule has 0 bridgehead atoms. The van der Waals surface area contributed by atoms with Crippen molar-refractivity contribution in [2.24, 2.45) is 0 Å². The summed E-state index contributed by atoms with van der Waals surface area (Å²) < 4.78 is 0. The van der Waals surface area contributed by atoms with Gasteiger partial charge in [-0.3, -0.25) is 9.59 Å². The monoisotopic (exact) mass is 696 g/mol. The van der Waals surface area contributed by atoms with Gasteiger partial charge in [-0.2, -0.15) is 0 Å². The molecule has 6 rings (SSSR count). The molecule has 0 aliphatic carbocycles. The second kappa shape index (κ2) is 18.1. The van der Waals surface area contributed by atoms with Crippen molar-refractivity contribution < 1.29 is 19.8 Å². The van der Waals surface area contributed by atoms with E-state index >= 15 is 0 Å². The lowest BCUT2D eigenvalue weighted by atomic mass is 9.89. The molecule has 0 radical (unpaired) electrons. The van der Waals surface area contributed by atoms with Gasteiger partial charge in [-0.05, 0) is 132 Å². The molecular weight excluding hydrogens is 647 g/mol. The normalized spacial score (nSPS) is 16.7. The second-order valence-electron chi connectivity index (χ2n) is 13.5. The van der Waals surface area contributed by atoms with Crippen LogP contribution in [0.2, 0.25) is 10.0 Å². The lowest BCUT2D eigenvalue weighted by Gasteiger charge is -2.32. The minimum atomic E-state index is -0.686. The molecule has 0 atom stereocenters. The molecule has 4 N–H and O–H groups in total. The highest BCUT2D eigenvalue weighted by Crippen LogP contribution is 2.36. The Labute approximate surface area is 293 Å². The molecule has 4 heterocycles. The van der Waals surface area contributed by atoms with Crippen molar-refractivity contribution in [2.45, 2.75) is 88.9 Å². The molecule has 2 aromatic carbocycles. The van der Waals surface area contributed by atoms with Gasteiger partial charge in [-0.25, -0.2) is 0 Å². The Morgan fingerprint density at radius 3 is 1.79 bits per heavy atom. The minimum Gasteiger partial charge on any atom is -0.481 e. The fraction of sp³-hybridized carbons (Fsp3) is 0.526. The Bertz CT molecular complexity index is 1620. The van der Waals surface area contributed by atoms with Crippen LogP contribution in [0.15, 0.2) is 48.8 Å². The van der Waals surface area contributed by atoms with E-state index in [9.17, 15) is 9.59 Å². The van der Waals surface area contributed by atoms with E-state index in [0.717, 1.165) is 98.9 Å². The lowest BCUT2D eigenvalue weighted by molar-refractivity contribution is -0.138. The van der Waals surface area contributed by atoms with Crippen LogP contribution in [0, 0.1) is 0 Å². The zero-order chi connectivity index (χ0) is 33.9. The summed E-state index contributed by atoms with van der Waals surface area (Å²) in [6, 6.07) is 12.2. The van der Waals surface area contributed by atoms with E-state index in [1.807, 2.05) is 24.3 Å². The molecule has 8 nitrogen and oxygen atoms in total. The van der Waals surface area contributed by atoms with Crippen LogP contribution in [0.5, 0.6) is 0 Å². The largest absolute Gasteiger partial charge is 0.481 e. The van der Waals surface area contributed by atoms with Gasteiger partial charge in [-0.1, -0.05) is 54.2 Å². The van der Waals surface area contributed by atoms with Gasteiger partial charge in [0.05, 0.1) is 10.5 Å². The van der Waals surface area contributed by atoms with E-state index in [1.54, 1.807) is 0 Å². The number of nitrogens with one attached hydrogen (secondary N) is 2. The summed E-state index contributed by atoms with van der Waals surface area (Å²) in [4.78, 5) is 32.7. The van der Waals surface area contributed by atoms with E-state index in [0.29, 0.717) is 24.7 Å². The number of aromatic nitrogens is 2. The Kier molecular flexibility index (Phi) is 13.7. The topological polar surface area (TPSA) is 113 Å². The highest BCUT2D eigenvalue weighted by molar-refractivity contribution is 6.35. The number of nitrogens with zero attached hydrogens (tertiary/aromatic N) is 2. The van der Waals surface area contributed by atoms with E-state index in [4.69, 9.17) is 33.4 Å². The number of unbranched alkanes of at least 4 members (excludes halogenated alkanes) is 4. The van der Waals surface area contributed by atoms with E-state index in [2.05, 4.69) is 44.3 Å². The number of fused-ring (bicyclic) bond motifs is 2. The summed E-state index contributed by atoms with van der Waals surface area (Å²) >= 11 is 12.3. The fourth-order valence-electron chi connectivity index (χ4n) is 7.45. The molecule has 4 aromatic rings. The summed E-state index contributed by atoms with van der Waals surface area (Å²) in [7, 11) is 0. The Morgan fingerprint density at radius 1 is 0.688 bits per heavy atom. The van der Waals surface area contributed by atoms with Crippen molar-refractivity contribution in [3.63, 3.8) is 0 Å². The zero-order valence-corrected chi connectivity index (χ0v) is 29.4. The van der Waals surface area contributed by atoms with Gasteiger partial charge in [0.1, 0.15) is 0 Å². The maximum Gasteiger partial charge on any atom is 0.303 e. The summed E-state index contributed by atoms with van der Waals surface area (Å²) in [5.41, 5.74) is 4.99. The molecule has 48 heavy (non-hydrogen) atoms. The molecule has 2 aliphatic heterocycles. The lowest BCUT2D eigenvalue weighted by Crippen LogP contribution is -2.33. The van der Waals surface area contributed by atoms with Crippen LogP contribution < -0.4 is 0 Å². The Hall–Kier alpha value is -3.04. The van der Waals surface area contributed by atoms with Crippen LogP contribution in [0.1, 0.15) is 100 Å². The number of H-pyrrole nitrogens is 2. The first-order valence-corrected chi connectivity index (χ1v) is 18.4. The number of aromatic amines is 2. The molecule has 2 aromatic heterocycles. The number of likely N-dealkylation sites (tertiary alicyclic amines) is 2. The van der Waals surface area contributed by atoms with E-state index < -0.39 is 11.9 Å². The van der Waals surface area contributed by atoms with Gasteiger partial charge >= 0.3 is 11.9 Å². The Morgan fingerprint density at radius 2 is 1.23 bits per heavy atom. The number of halogens is 2. The van der Waals surface area contributed by atoms with Crippen molar-refractivity contribution in [3.05, 3.63) is 70.0 Å². The maximum atomic E-state index is 10.5. The standard InChI is InChI=1S/2C19H25ClN2O2/c20-17-6-4-5-15-16(13-21-19(15)17)14-8-11-22(12-9-14)10-3-1-2-7-18(23)24;20-15-5-6-16-17(13-21-18(16)12-15)14-7-10-22(11-8-14)9-3-1-2-4-19(23)24/h4-6,13-14,21H,1-3,7-12H2,(H,23,24);5-6,12-14,21H,1-4,7-11H2,(H,23,24). The predicted molar refractivity (Wildman–Crippen MR) is 196 cm³/mol. The molecule has 260 valence electrons. The van der Waals surface area contributed by atoms with Gasteiger partial charge in [-0.15, -0.1) is 0 Å². The number of rotatable bonds is 14. The third-order valence-corrected chi connectivity index (χ3v) is 10.7. The summed E-state index contributed by atoms with van der Waals surface area (Å²) in [6.07, 6.45) is 15.4. The van der Waals surface area contributed by atoms with Gasteiger partial charge in [0.15, 0.2) is 0 Å². The number of piperidine rings is 2. The van der Waals surface area contributed by atoms with Crippen molar-refractivity contribution >= 4 is 56.9 Å². The van der Waals surface area contributed by atoms with Gasteiger partial charge in [0.25, 0.3) is 0 Å².